The molecule has 4 rings (SSSR count). The molecule has 0 atom stereocenters. The fourth-order valence-corrected chi connectivity index (χ4v) is 2.87. The maximum absolute atomic E-state index is 11.7. The number of allylic oxidation sites excluding steroid dienone is 2. The van der Waals surface area contributed by atoms with Gasteiger partial charge in [0, 0.05) is 11.1 Å². The normalized spacial score (nSPS) is 10.5. The lowest BCUT2D eigenvalue weighted by molar-refractivity contribution is 0.103. The third-order valence-corrected chi connectivity index (χ3v) is 4.57. The van der Waals surface area contributed by atoms with E-state index < -0.39 is 0 Å². The number of hydrogen-bond acceptors (Lipinski definition) is 2. The first-order chi connectivity index (χ1) is 15.7. The molecule has 0 radical (unpaired) electrons. The molecular weight excluding hydrogens is 392 g/mol. The van der Waals surface area contributed by atoms with Crippen molar-refractivity contribution in [3.63, 3.8) is 0 Å². The molecular formula is C30H24O2. The molecule has 4 aromatic rings. The largest absolute Gasteiger partial charge is 0.289 e. The summed E-state index contributed by atoms with van der Waals surface area (Å²) >= 11 is 0. The van der Waals surface area contributed by atoms with Crippen molar-refractivity contribution in [2.24, 2.45) is 0 Å². The molecule has 2 heteroatoms. The van der Waals surface area contributed by atoms with Gasteiger partial charge in [-0.25, -0.2) is 0 Å². The van der Waals surface area contributed by atoms with Crippen molar-refractivity contribution in [2.75, 3.05) is 0 Å². The number of rotatable bonds is 6. The number of benzene rings is 4. The maximum Gasteiger partial charge on any atom is 0.185 e. The molecule has 0 bridgehead atoms. The van der Waals surface area contributed by atoms with E-state index >= 15 is 0 Å². The number of carbonyl (C=O) groups is 2. The molecule has 0 saturated carbocycles. The van der Waals surface area contributed by atoms with Crippen LogP contribution in [0.5, 0.6) is 0 Å². The molecule has 0 aliphatic rings. The van der Waals surface area contributed by atoms with Crippen LogP contribution in [0.3, 0.4) is 0 Å². The SMILES string of the molecule is O=C(/C=C/c1ccccc1)c1ccccc1.O=C(/C=C/c1ccccc1)c1ccccc1. The molecule has 0 heterocycles. The van der Waals surface area contributed by atoms with Crippen molar-refractivity contribution in [2.45, 2.75) is 0 Å². The standard InChI is InChI=1S/2C15H12O/c2*16-15(14-9-5-2-6-10-14)12-11-13-7-3-1-4-8-13/h2*1-12H/b2*12-11+. The first kappa shape index (κ1) is 22.4. The predicted octanol–water partition coefficient (Wildman–Crippen LogP) is 7.17. The fraction of sp³-hybridized carbons (Fsp3) is 0. The molecule has 0 unspecified atom stereocenters. The van der Waals surface area contributed by atoms with Crippen LogP contribution in [0.4, 0.5) is 0 Å². The van der Waals surface area contributed by atoms with E-state index in [-0.39, 0.29) is 11.6 Å². The third kappa shape index (κ3) is 7.51. The second kappa shape index (κ2) is 12.4. The summed E-state index contributed by atoms with van der Waals surface area (Å²) in [5.74, 6) is 0.0638. The van der Waals surface area contributed by atoms with E-state index in [0.717, 1.165) is 22.3 Å². The summed E-state index contributed by atoms with van der Waals surface area (Å²) in [5, 5.41) is 0. The minimum atomic E-state index is 0.0319. The van der Waals surface area contributed by atoms with E-state index in [1.165, 1.54) is 0 Å². The van der Waals surface area contributed by atoms with Crippen molar-refractivity contribution in [3.05, 3.63) is 156 Å². The van der Waals surface area contributed by atoms with Gasteiger partial charge in [0.05, 0.1) is 0 Å². The van der Waals surface area contributed by atoms with Crippen LogP contribution in [0.15, 0.2) is 133 Å². The van der Waals surface area contributed by atoms with E-state index in [1.807, 2.05) is 133 Å². The van der Waals surface area contributed by atoms with Gasteiger partial charge in [-0.3, -0.25) is 9.59 Å². The Kier molecular flexibility index (Phi) is 8.68. The van der Waals surface area contributed by atoms with Crippen LogP contribution in [0, 0.1) is 0 Å². The van der Waals surface area contributed by atoms with Gasteiger partial charge in [0.15, 0.2) is 11.6 Å². The minimum Gasteiger partial charge on any atom is -0.289 e. The topological polar surface area (TPSA) is 34.1 Å². The second-order valence-electron chi connectivity index (χ2n) is 6.95. The van der Waals surface area contributed by atoms with Crippen LogP contribution in [0.2, 0.25) is 0 Å². The Labute approximate surface area is 189 Å². The Hall–Kier alpha value is -4.30. The average Bonchev–Trinajstić information content (AvgIpc) is 2.88. The summed E-state index contributed by atoms with van der Waals surface area (Å²) in [6, 6.07) is 38.1. The summed E-state index contributed by atoms with van der Waals surface area (Å²) in [5.41, 5.74) is 3.50. The summed E-state index contributed by atoms with van der Waals surface area (Å²) in [6.45, 7) is 0. The van der Waals surface area contributed by atoms with Gasteiger partial charge in [-0.2, -0.15) is 0 Å². The van der Waals surface area contributed by atoms with E-state index in [1.54, 1.807) is 12.2 Å². The first-order valence-corrected chi connectivity index (χ1v) is 10.4. The van der Waals surface area contributed by atoms with Crippen molar-refractivity contribution in [3.8, 4) is 0 Å². The Morgan fingerprint density at radius 3 is 1.00 bits per heavy atom. The molecule has 0 aromatic heterocycles. The zero-order chi connectivity index (χ0) is 22.4. The summed E-state index contributed by atoms with van der Waals surface area (Å²) in [6.07, 6.45) is 6.86. The number of ketones is 2. The molecule has 4 aromatic carbocycles. The molecule has 0 saturated heterocycles. The van der Waals surface area contributed by atoms with E-state index in [0.29, 0.717) is 0 Å². The van der Waals surface area contributed by atoms with Gasteiger partial charge in [0.25, 0.3) is 0 Å². The predicted molar refractivity (Wildman–Crippen MR) is 132 cm³/mol. The van der Waals surface area contributed by atoms with Crippen molar-refractivity contribution >= 4 is 23.7 Å². The summed E-state index contributed by atoms with van der Waals surface area (Å²) in [7, 11) is 0. The first-order valence-electron chi connectivity index (χ1n) is 10.4. The van der Waals surface area contributed by atoms with Gasteiger partial charge in [0.1, 0.15) is 0 Å². The van der Waals surface area contributed by atoms with Crippen molar-refractivity contribution < 1.29 is 9.59 Å². The van der Waals surface area contributed by atoms with Gasteiger partial charge in [-0.05, 0) is 23.3 Å². The Morgan fingerprint density at radius 2 is 0.688 bits per heavy atom. The van der Waals surface area contributed by atoms with Crippen molar-refractivity contribution in [1.29, 1.82) is 0 Å². The molecule has 0 amide bonds. The lowest BCUT2D eigenvalue weighted by Crippen LogP contribution is -1.92. The molecule has 0 aliphatic carbocycles. The van der Waals surface area contributed by atoms with E-state index in [9.17, 15) is 9.59 Å². The lowest BCUT2D eigenvalue weighted by Gasteiger charge is -1.94. The zero-order valence-corrected chi connectivity index (χ0v) is 17.7. The van der Waals surface area contributed by atoms with Crippen LogP contribution in [-0.2, 0) is 0 Å². The molecule has 2 nitrogen and oxygen atoms in total. The Balaban J connectivity index is 0.000000181. The molecule has 0 spiro atoms. The third-order valence-electron chi connectivity index (χ3n) is 4.57. The smallest absolute Gasteiger partial charge is 0.185 e. The molecule has 0 aliphatic heterocycles. The minimum absolute atomic E-state index is 0.0319. The molecule has 156 valence electrons. The average molecular weight is 417 g/mol. The van der Waals surface area contributed by atoms with E-state index in [4.69, 9.17) is 0 Å². The number of carbonyl (C=O) groups excluding carboxylic acids is 2. The molecule has 0 fully saturated rings. The molecule has 32 heavy (non-hydrogen) atoms. The maximum atomic E-state index is 11.7. The fourth-order valence-electron chi connectivity index (χ4n) is 2.87. The van der Waals surface area contributed by atoms with Gasteiger partial charge in [0.2, 0.25) is 0 Å². The quantitative estimate of drug-likeness (QED) is 0.247. The highest BCUT2D eigenvalue weighted by Crippen LogP contribution is 2.06. The van der Waals surface area contributed by atoms with Gasteiger partial charge >= 0.3 is 0 Å². The van der Waals surface area contributed by atoms with Crippen LogP contribution < -0.4 is 0 Å². The summed E-state index contributed by atoms with van der Waals surface area (Å²) in [4.78, 5) is 23.5. The van der Waals surface area contributed by atoms with Gasteiger partial charge in [-0.1, -0.05) is 133 Å². The lowest BCUT2D eigenvalue weighted by atomic mass is 10.1. The van der Waals surface area contributed by atoms with Crippen LogP contribution in [0.25, 0.3) is 12.2 Å². The Bertz CT molecular complexity index is 1060. The summed E-state index contributed by atoms with van der Waals surface area (Å²) < 4.78 is 0. The van der Waals surface area contributed by atoms with Gasteiger partial charge < -0.3 is 0 Å². The highest BCUT2D eigenvalue weighted by atomic mass is 16.1. The molecule has 0 N–H and O–H groups in total. The van der Waals surface area contributed by atoms with Crippen LogP contribution in [-0.4, -0.2) is 11.6 Å². The van der Waals surface area contributed by atoms with E-state index in [2.05, 4.69) is 0 Å². The van der Waals surface area contributed by atoms with Gasteiger partial charge in [-0.15, -0.1) is 0 Å². The highest BCUT2D eigenvalue weighted by molar-refractivity contribution is 6.07. The second-order valence-corrected chi connectivity index (χ2v) is 6.95. The van der Waals surface area contributed by atoms with Crippen LogP contribution in [0.1, 0.15) is 31.8 Å². The van der Waals surface area contributed by atoms with Crippen molar-refractivity contribution in [1.82, 2.24) is 0 Å². The monoisotopic (exact) mass is 416 g/mol. The van der Waals surface area contributed by atoms with Crippen LogP contribution >= 0.6 is 0 Å². The zero-order valence-electron chi connectivity index (χ0n) is 17.7. The highest BCUT2D eigenvalue weighted by Gasteiger charge is 1.99. The Morgan fingerprint density at radius 1 is 0.406 bits per heavy atom. The number of hydrogen-bond donors (Lipinski definition) is 0.